The summed E-state index contributed by atoms with van der Waals surface area (Å²) in [5.74, 6) is -0.331. The molecule has 1 atom stereocenters. The summed E-state index contributed by atoms with van der Waals surface area (Å²) in [7, 11) is 3.64. The van der Waals surface area contributed by atoms with Crippen LogP contribution in [-0.4, -0.2) is 59.2 Å². The van der Waals surface area contributed by atoms with Crippen molar-refractivity contribution in [3.8, 4) is 0 Å². The van der Waals surface area contributed by atoms with Gasteiger partial charge in [-0.05, 0) is 31.5 Å². The van der Waals surface area contributed by atoms with E-state index >= 15 is 0 Å². The molecule has 2 heterocycles. The highest BCUT2D eigenvalue weighted by Crippen LogP contribution is 2.14. The first-order chi connectivity index (χ1) is 11.5. The number of piperidine rings is 1. The fourth-order valence-electron chi connectivity index (χ4n) is 3.03. The molecule has 1 aromatic heterocycles. The second-order valence-electron chi connectivity index (χ2n) is 6.26. The molecule has 0 radical (unpaired) electrons. The van der Waals surface area contributed by atoms with Crippen LogP contribution in [0, 0.1) is 0 Å². The third-order valence-corrected chi connectivity index (χ3v) is 4.50. The SMILES string of the molecule is CN(C(=O)CNC(=O)c1ccc2cn(C)nc2c1)C1CCCNC1. The highest BCUT2D eigenvalue weighted by Gasteiger charge is 2.22. The maximum absolute atomic E-state index is 12.3. The van der Waals surface area contributed by atoms with Crippen molar-refractivity contribution in [3.05, 3.63) is 30.0 Å². The van der Waals surface area contributed by atoms with Gasteiger partial charge in [0.05, 0.1) is 12.1 Å². The maximum atomic E-state index is 12.3. The molecule has 1 aliphatic rings. The van der Waals surface area contributed by atoms with E-state index in [2.05, 4.69) is 15.7 Å². The van der Waals surface area contributed by atoms with Crippen molar-refractivity contribution in [2.24, 2.45) is 7.05 Å². The predicted octanol–water partition coefficient (Wildman–Crippen LogP) is 0.513. The molecule has 1 saturated heterocycles. The number of fused-ring (bicyclic) bond motifs is 1. The van der Waals surface area contributed by atoms with Crippen LogP contribution < -0.4 is 10.6 Å². The summed E-state index contributed by atoms with van der Waals surface area (Å²) in [4.78, 5) is 26.3. The van der Waals surface area contributed by atoms with Crippen molar-refractivity contribution >= 4 is 22.7 Å². The smallest absolute Gasteiger partial charge is 0.251 e. The van der Waals surface area contributed by atoms with Crippen LogP contribution in [-0.2, 0) is 11.8 Å². The van der Waals surface area contributed by atoms with Gasteiger partial charge in [0.15, 0.2) is 0 Å². The summed E-state index contributed by atoms with van der Waals surface area (Å²) < 4.78 is 1.71. The van der Waals surface area contributed by atoms with E-state index < -0.39 is 0 Å². The number of aromatic nitrogens is 2. The van der Waals surface area contributed by atoms with Crippen LogP contribution in [0.15, 0.2) is 24.4 Å². The van der Waals surface area contributed by atoms with Crippen molar-refractivity contribution in [2.45, 2.75) is 18.9 Å². The molecule has 2 N–H and O–H groups in total. The number of benzene rings is 1. The van der Waals surface area contributed by atoms with Crippen molar-refractivity contribution < 1.29 is 9.59 Å². The van der Waals surface area contributed by atoms with Gasteiger partial charge in [0, 0.05) is 43.8 Å². The van der Waals surface area contributed by atoms with E-state index in [1.165, 1.54) is 0 Å². The van der Waals surface area contributed by atoms with Gasteiger partial charge in [0.2, 0.25) is 5.91 Å². The molecule has 2 aromatic rings. The van der Waals surface area contributed by atoms with E-state index in [1.807, 2.05) is 19.3 Å². The number of nitrogens with one attached hydrogen (secondary N) is 2. The highest BCUT2D eigenvalue weighted by atomic mass is 16.2. The topological polar surface area (TPSA) is 79.3 Å². The second kappa shape index (κ2) is 7.00. The van der Waals surface area contributed by atoms with E-state index in [9.17, 15) is 9.59 Å². The third kappa shape index (κ3) is 3.56. The largest absolute Gasteiger partial charge is 0.343 e. The Morgan fingerprint density at radius 3 is 3.04 bits per heavy atom. The average Bonchev–Trinajstić information content (AvgIpc) is 2.98. The van der Waals surface area contributed by atoms with Gasteiger partial charge in [-0.15, -0.1) is 0 Å². The Morgan fingerprint density at radius 1 is 1.46 bits per heavy atom. The number of carbonyl (C=O) groups excluding carboxylic acids is 2. The van der Waals surface area contributed by atoms with E-state index in [1.54, 1.807) is 28.8 Å². The Kier molecular flexibility index (Phi) is 4.80. The third-order valence-electron chi connectivity index (χ3n) is 4.50. The molecule has 0 spiro atoms. The highest BCUT2D eigenvalue weighted by molar-refractivity contribution is 5.99. The molecule has 1 fully saturated rings. The van der Waals surface area contributed by atoms with Gasteiger partial charge >= 0.3 is 0 Å². The minimum absolute atomic E-state index is 0.00604. The summed E-state index contributed by atoms with van der Waals surface area (Å²) in [5.41, 5.74) is 1.28. The van der Waals surface area contributed by atoms with Gasteiger partial charge in [-0.1, -0.05) is 6.07 Å². The van der Waals surface area contributed by atoms with Crippen LogP contribution in [0.2, 0.25) is 0 Å². The van der Waals surface area contributed by atoms with Crippen LogP contribution in [0.25, 0.3) is 10.9 Å². The Labute approximate surface area is 141 Å². The van der Waals surface area contributed by atoms with E-state index in [-0.39, 0.29) is 24.4 Å². The fourth-order valence-corrected chi connectivity index (χ4v) is 3.03. The van der Waals surface area contributed by atoms with E-state index in [0.29, 0.717) is 5.56 Å². The number of hydrogen-bond donors (Lipinski definition) is 2. The Balaban J connectivity index is 1.58. The standard InChI is InChI=1S/C17H23N5O2/c1-21-11-13-6-5-12(8-15(13)20-21)17(24)19-10-16(23)22(2)14-4-3-7-18-9-14/h5-6,8,11,14,18H,3-4,7,9-10H2,1-2H3,(H,19,24). The minimum atomic E-state index is -0.258. The second-order valence-corrected chi connectivity index (χ2v) is 6.26. The molecule has 24 heavy (non-hydrogen) atoms. The Morgan fingerprint density at radius 2 is 2.29 bits per heavy atom. The number of nitrogens with zero attached hydrogens (tertiary/aromatic N) is 3. The first kappa shape index (κ1) is 16.4. The first-order valence-corrected chi connectivity index (χ1v) is 8.22. The zero-order valence-electron chi connectivity index (χ0n) is 14.1. The summed E-state index contributed by atoms with van der Waals surface area (Å²) in [5, 5.41) is 11.3. The summed E-state index contributed by atoms with van der Waals surface area (Å²) in [6, 6.07) is 5.55. The zero-order valence-corrected chi connectivity index (χ0v) is 14.1. The molecule has 3 rings (SSSR count). The minimum Gasteiger partial charge on any atom is -0.343 e. The van der Waals surface area contributed by atoms with E-state index in [0.717, 1.165) is 36.8 Å². The quantitative estimate of drug-likeness (QED) is 0.857. The van der Waals surface area contributed by atoms with Crippen molar-refractivity contribution in [1.82, 2.24) is 25.3 Å². The van der Waals surface area contributed by atoms with E-state index in [4.69, 9.17) is 0 Å². The molecule has 1 unspecified atom stereocenters. The van der Waals surface area contributed by atoms with Crippen LogP contribution >= 0.6 is 0 Å². The Bertz CT molecular complexity index is 749. The number of hydrogen-bond acceptors (Lipinski definition) is 4. The molecule has 1 aliphatic heterocycles. The van der Waals surface area contributed by atoms with Crippen LogP contribution in [0.5, 0.6) is 0 Å². The molecular weight excluding hydrogens is 306 g/mol. The lowest BCUT2D eigenvalue weighted by atomic mass is 10.1. The molecule has 0 saturated carbocycles. The summed E-state index contributed by atoms with van der Waals surface area (Å²) >= 11 is 0. The molecule has 7 nitrogen and oxygen atoms in total. The first-order valence-electron chi connectivity index (χ1n) is 8.22. The number of likely N-dealkylation sites (N-methyl/N-ethyl adjacent to an activating group) is 1. The lowest BCUT2D eigenvalue weighted by Crippen LogP contribution is -2.49. The molecule has 0 bridgehead atoms. The van der Waals surface area contributed by atoms with Gasteiger partial charge < -0.3 is 15.5 Å². The van der Waals surface area contributed by atoms with Gasteiger partial charge in [-0.25, -0.2) is 0 Å². The lowest BCUT2D eigenvalue weighted by Gasteiger charge is -2.31. The van der Waals surface area contributed by atoms with Gasteiger partial charge in [-0.3, -0.25) is 14.3 Å². The van der Waals surface area contributed by atoms with Crippen LogP contribution in [0.3, 0.4) is 0 Å². The van der Waals surface area contributed by atoms with Crippen molar-refractivity contribution in [2.75, 3.05) is 26.7 Å². The lowest BCUT2D eigenvalue weighted by molar-refractivity contribution is -0.131. The number of rotatable bonds is 4. The van der Waals surface area contributed by atoms with Crippen LogP contribution in [0.4, 0.5) is 0 Å². The van der Waals surface area contributed by atoms with Gasteiger partial charge in [-0.2, -0.15) is 5.10 Å². The van der Waals surface area contributed by atoms with Gasteiger partial charge in [0.1, 0.15) is 0 Å². The monoisotopic (exact) mass is 329 g/mol. The van der Waals surface area contributed by atoms with Gasteiger partial charge in [0.25, 0.3) is 5.91 Å². The maximum Gasteiger partial charge on any atom is 0.251 e. The summed E-state index contributed by atoms with van der Waals surface area (Å²) in [6.45, 7) is 1.82. The summed E-state index contributed by atoms with van der Waals surface area (Å²) in [6.07, 6.45) is 3.96. The average molecular weight is 329 g/mol. The van der Waals surface area contributed by atoms with Crippen LogP contribution in [0.1, 0.15) is 23.2 Å². The molecule has 0 aliphatic carbocycles. The zero-order chi connectivity index (χ0) is 17.1. The fraction of sp³-hybridized carbons (Fsp3) is 0.471. The number of carbonyl (C=O) groups is 2. The number of amides is 2. The molecule has 1 aromatic carbocycles. The predicted molar refractivity (Wildman–Crippen MR) is 91.7 cm³/mol. The molecule has 2 amide bonds. The number of aryl methyl sites for hydroxylation is 1. The molecule has 128 valence electrons. The molecule has 7 heteroatoms. The van der Waals surface area contributed by atoms with Crippen molar-refractivity contribution in [1.29, 1.82) is 0 Å². The Hall–Kier alpha value is -2.41. The molecular formula is C17H23N5O2. The van der Waals surface area contributed by atoms with Crippen molar-refractivity contribution in [3.63, 3.8) is 0 Å². The normalized spacial score (nSPS) is 17.7.